The van der Waals surface area contributed by atoms with Gasteiger partial charge < -0.3 is 9.47 Å². The molecule has 5 heteroatoms. The summed E-state index contributed by atoms with van der Waals surface area (Å²) in [4.78, 5) is 22.2. The number of benzene rings is 1. The number of carbonyl (C=O) groups excluding carboxylic acids is 2. The molecule has 0 aliphatic carbocycles. The first-order valence-electron chi connectivity index (χ1n) is 5.15. The summed E-state index contributed by atoms with van der Waals surface area (Å²) in [5.74, 6) is -0.421. The van der Waals surface area contributed by atoms with Gasteiger partial charge in [-0.3, -0.25) is 9.59 Å². The van der Waals surface area contributed by atoms with Crippen LogP contribution in [0.1, 0.15) is 19.3 Å². The predicted molar refractivity (Wildman–Crippen MR) is 63.0 cm³/mol. The number of hydrogen-bond acceptors (Lipinski definition) is 4. The standard InChI is InChI=1S/C12H13ClO4/c1-16-11(14)7-4-8-12(15)17-10-6-3-2-5-9(10)13/h2-3,5-6H,4,7-8H2,1H3. The highest BCUT2D eigenvalue weighted by molar-refractivity contribution is 6.32. The third-order valence-corrected chi connectivity index (χ3v) is 2.36. The Labute approximate surface area is 104 Å². The fraction of sp³-hybridized carbons (Fsp3) is 0.333. The van der Waals surface area contributed by atoms with Gasteiger partial charge in [-0.2, -0.15) is 0 Å². The van der Waals surface area contributed by atoms with Gasteiger partial charge in [0.25, 0.3) is 0 Å². The average molecular weight is 257 g/mol. The normalized spacial score (nSPS) is 9.76. The number of rotatable bonds is 5. The molecule has 4 nitrogen and oxygen atoms in total. The van der Waals surface area contributed by atoms with Crippen LogP contribution in [0.5, 0.6) is 5.75 Å². The molecular formula is C12H13ClO4. The quantitative estimate of drug-likeness (QED) is 0.600. The molecule has 92 valence electrons. The molecule has 0 saturated heterocycles. The van der Waals surface area contributed by atoms with Crippen LogP contribution in [0.25, 0.3) is 0 Å². The third-order valence-electron chi connectivity index (χ3n) is 2.05. The molecular weight excluding hydrogens is 244 g/mol. The molecule has 0 aliphatic heterocycles. The maximum absolute atomic E-state index is 11.4. The number of carbonyl (C=O) groups is 2. The molecule has 0 heterocycles. The third kappa shape index (κ3) is 4.87. The lowest BCUT2D eigenvalue weighted by atomic mass is 10.2. The average Bonchev–Trinajstić information content (AvgIpc) is 2.32. The Hall–Kier alpha value is -1.55. The Bertz CT molecular complexity index is 403. The van der Waals surface area contributed by atoms with E-state index < -0.39 is 5.97 Å². The van der Waals surface area contributed by atoms with E-state index in [9.17, 15) is 9.59 Å². The summed E-state index contributed by atoms with van der Waals surface area (Å²) in [6, 6.07) is 6.72. The van der Waals surface area contributed by atoms with Crippen molar-refractivity contribution < 1.29 is 19.1 Å². The van der Waals surface area contributed by atoms with Crippen molar-refractivity contribution in [1.29, 1.82) is 0 Å². The lowest BCUT2D eigenvalue weighted by Gasteiger charge is -2.05. The van der Waals surface area contributed by atoms with Crippen LogP contribution in [-0.2, 0) is 14.3 Å². The highest BCUT2D eigenvalue weighted by atomic mass is 35.5. The molecule has 0 aromatic heterocycles. The van der Waals surface area contributed by atoms with Crippen LogP contribution in [0.3, 0.4) is 0 Å². The maximum Gasteiger partial charge on any atom is 0.311 e. The first-order valence-corrected chi connectivity index (χ1v) is 5.53. The van der Waals surface area contributed by atoms with Gasteiger partial charge in [0.05, 0.1) is 12.1 Å². The summed E-state index contributed by atoms with van der Waals surface area (Å²) in [7, 11) is 1.31. The Balaban J connectivity index is 2.35. The number of hydrogen-bond donors (Lipinski definition) is 0. The molecule has 1 aromatic carbocycles. The first kappa shape index (κ1) is 13.5. The molecule has 0 amide bonds. The van der Waals surface area contributed by atoms with Crippen LogP contribution in [-0.4, -0.2) is 19.0 Å². The van der Waals surface area contributed by atoms with E-state index in [1.807, 2.05) is 0 Å². The van der Waals surface area contributed by atoms with Crippen LogP contribution in [0, 0.1) is 0 Å². The highest BCUT2D eigenvalue weighted by Crippen LogP contribution is 2.23. The first-order chi connectivity index (χ1) is 8.13. The molecule has 1 aromatic rings. The van der Waals surface area contributed by atoms with Crippen LogP contribution < -0.4 is 4.74 Å². The van der Waals surface area contributed by atoms with E-state index in [4.69, 9.17) is 16.3 Å². The Morgan fingerprint density at radius 2 is 1.82 bits per heavy atom. The van der Waals surface area contributed by atoms with Gasteiger partial charge in [-0.25, -0.2) is 0 Å². The minimum Gasteiger partial charge on any atom is -0.469 e. The van der Waals surface area contributed by atoms with Crippen molar-refractivity contribution in [1.82, 2.24) is 0 Å². The van der Waals surface area contributed by atoms with Crippen molar-refractivity contribution in [3.63, 3.8) is 0 Å². The number of esters is 2. The van der Waals surface area contributed by atoms with Crippen molar-refractivity contribution in [2.45, 2.75) is 19.3 Å². The van der Waals surface area contributed by atoms with Crippen molar-refractivity contribution in [2.24, 2.45) is 0 Å². The predicted octanol–water partition coefficient (Wildman–Crippen LogP) is 2.59. The second-order valence-electron chi connectivity index (χ2n) is 3.33. The zero-order valence-electron chi connectivity index (χ0n) is 9.44. The van der Waals surface area contributed by atoms with Gasteiger partial charge in [0.15, 0.2) is 0 Å². The second kappa shape index (κ2) is 6.91. The van der Waals surface area contributed by atoms with E-state index in [2.05, 4.69) is 4.74 Å². The smallest absolute Gasteiger partial charge is 0.311 e. The molecule has 0 unspecified atom stereocenters. The molecule has 0 aliphatic rings. The van der Waals surface area contributed by atoms with Crippen LogP contribution in [0.2, 0.25) is 5.02 Å². The fourth-order valence-corrected chi connectivity index (χ4v) is 1.35. The number of ether oxygens (including phenoxy) is 2. The van der Waals surface area contributed by atoms with E-state index in [0.29, 0.717) is 17.2 Å². The Morgan fingerprint density at radius 1 is 1.18 bits per heavy atom. The summed E-state index contributed by atoms with van der Waals surface area (Å²) in [6.07, 6.45) is 0.754. The summed E-state index contributed by atoms with van der Waals surface area (Å²) in [6.45, 7) is 0. The summed E-state index contributed by atoms with van der Waals surface area (Å²) < 4.78 is 9.49. The van der Waals surface area contributed by atoms with Crippen molar-refractivity contribution in [3.8, 4) is 5.75 Å². The Morgan fingerprint density at radius 3 is 2.47 bits per heavy atom. The maximum atomic E-state index is 11.4. The minimum absolute atomic E-state index is 0.153. The molecule has 1 rings (SSSR count). The van der Waals surface area contributed by atoms with Crippen LogP contribution in [0.15, 0.2) is 24.3 Å². The highest BCUT2D eigenvalue weighted by Gasteiger charge is 2.09. The largest absolute Gasteiger partial charge is 0.469 e. The lowest BCUT2D eigenvalue weighted by Crippen LogP contribution is -2.09. The van der Waals surface area contributed by atoms with E-state index in [-0.39, 0.29) is 18.8 Å². The number of methoxy groups -OCH3 is 1. The SMILES string of the molecule is COC(=O)CCCC(=O)Oc1ccccc1Cl. The van der Waals surface area contributed by atoms with Gasteiger partial charge in [-0.1, -0.05) is 23.7 Å². The van der Waals surface area contributed by atoms with Crippen LogP contribution in [0.4, 0.5) is 0 Å². The van der Waals surface area contributed by atoms with Gasteiger partial charge >= 0.3 is 11.9 Å². The molecule has 0 N–H and O–H groups in total. The monoisotopic (exact) mass is 256 g/mol. The minimum atomic E-state index is -0.415. The molecule has 17 heavy (non-hydrogen) atoms. The Kier molecular flexibility index (Phi) is 5.49. The van der Waals surface area contributed by atoms with E-state index >= 15 is 0 Å². The molecule has 0 fully saturated rings. The van der Waals surface area contributed by atoms with Crippen molar-refractivity contribution >= 4 is 23.5 Å². The van der Waals surface area contributed by atoms with E-state index in [0.717, 1.165) is 0 Å². The van der Waals surface area contributed by atoms with Crippen molar-refractivity contribution in [3.05, 3.63) is 29.3 Å². The van der Waals surface area contributed by atoms with E-state index in [1.165, 1.54) is 7.11 Å². The van der Waals surface area contributed by atoms with E-state index in [1.54, 1.807) is 24.3 Å². The molecule has 0 saturated carbocycles. The number of halogens is 1. The summed E-state index contributed by atoms with van der Waals surface area (Å²) in [5, 5.41) is 0.383. The van der Waals surface area contributed by atoms with Gasteiger partial charge in [0.1, 0.15) is 5.75 Å². The molecule has 0 spiro atoms. The van der Waals surface area contributed by atoms with Gasteiger partial charge in [0, 0.05) is 12.8 Å². The fourth-order valence-electron chi connectivity index (χ4n) is 1.18. The zero-order valence-corrected chi connectivity index (χ0v) is 10.2. The van der Waals surface area contributed by atoms with Crippen molar-refractivity contribution in [2.75, 3.05) is 7.11 Å². The topological polar surface area (TPSA) is 52.6 Å². The van der Waals surface area contributed by atoms with Gasteiger partial charge in [0.2, 0.25) is 0 Å². The molecule has 0 radical (unpaired) electrons. The summed E-state index contributed by atoms with van der Waals surface area (Å²) in [5.41, 5.74) is 0. The van der Waals surface area contributed by atoms with Crippen LogP contribution >= 0.6 is 11.6 Å². The number of para-hydroxylation sites is 1. The lowest BCUT2D eigenvalue weighted by molar-refractivity contribution is -0.141. The van der Waals surface area contributed by atoms with Gasteiger partial charge in [-0.15, -0.1) is 0 Å². The zero-order chi connectivity index (χ0) is 12.7. The van der Waals surface area contributed by atoms with Gasteiger partial charge in [-0.05, 0) is 18.6 Å². The molecule has 0 bridgehead atoms. The second-order valence-corrected chi connectivity index (χ2v) is 3.74. The molecule has 0 atom stereocenters. The summed E-state index contributed by atoms with van der Waals surface area (Å²) >= 11 is 5.82.